The Bertz CT molecular complexity index is 450. The second kappa shape index (κ2) is 8.67. The lowest BCUT2D eigenvalue weighted by atomic mass is 10.1. The molecule has 0 unspecified atom stereocenters. The second-order valence-electron chi connectivity index (χ2n) is 7.48. The summed E-state index contributed by atoms with van der Waals surface area (Å²) >= 11 is 0. The summed E-state index contributed by atoms with van der Waals surface area (Å²) in [4.78, 5) is 2.42. The molecule has 0 amide bonds. The van der Waals surface area contributed by atoms with Gasteiger partial charge >= 0.3 is 0 Å². The van der Waals surface area contributed by atoms with Crippen molar-refractivity contribution in [3.63, 3.8) is 0 Å². The number of rotatable bonds is 1. The minimum absolute atomic E-state index is 0.182. The largest absolute Gasteiger partial charge is 0.487 e. The predicted molar refractivity (Wildman–Crippen MR) is 97.0 cm³/mol. The molecule has 2 N–H and O–H groups in total. The van der Waals surface area contributed by atoms with Gasteiger partial charge < -0.3 is 20.3 Å². The molecule has 2 rings (SSSR count). The van der Waals surface area contributed by atoms with Gasteiger partial charge in [-0.25, -0.2) is 0 Å². The van der Waals surface area contributed by atoms with Crippen LogP contribution in [-0.4, -0.2) is 43.7 Å². The van der Waals surface area contributed by atoms with E-state index in [9.17, 15) is 0 Å². The van der Waals surface area contributed by atoms with E-state index in [1.807, 2.05) is 0 Å². The van der Waals surface area contributed by atoms with Crippen molar-refractivity contribution < 1.29 is 4.74 Å². The number of nitrogens with zero attached hydrogens (tertiary/aromatic N) is 1. The van der Waals surface area contributed by atoms with Crippen molar-refractivity contribution in [2.75, 3.05) is 33.2 Å². The molecule has 4 nitrogen and oxygen atoms in total. The highest BCUT2D eigenvalue weighted by atomic mass is 16.5. The van der Waals surface area contributed by atoms with Gasteiger partial charge in [0.05, 0.1) is 0 Å². The van der Waals surface area contributed by atoms with Crippen molar-refractivity contribution in [2.24, 2.45) is 0 Å². The Hall–Kier alpha value is -1.10. The van der Waals surface area contributed by atoms with E-state index in [4.69, 9.17) is 4.74 Å². The standard InChI is InChI=1S/C19H33N3O/c1-19(2,3)23-18-16-8-5-9-17(18)15-21-11-7-13-22(4)12-6-10-20-14-16/h5,8-9,20-21H,6-7,10-15H2,1-4H3. The summed E-state index contributed by atoms with van der Waals surface area (Å²) in [5, 5.41) is 7.14. The number of hydrogen-bond acceptors (Lipinski definition) is 4. The first kappa shape index (κ1) is 18.2. The highest BCUT2D eigenvalue weighted by Gasteiger charge is 2.18. The highest BCUT2D eigenvalue weighted by molar-refractivity contribution is 5.42. The third kappa shape index (κ3) is 6.50. The molecule has 0 saturated heterocycles. The molecule has 1 aromatic carbocycles. The van der Waals surface area contributed by atoms with Gasteiger partial charge in [0.2, 0.25) is 0 Å². The molecule has 4 heteroatoms. The van der Waals surface area contributed by atoms with Crippen LogP contribution in [0.15, 0.2) is 18.2 Å². The Balaban J connectivity index is 2.15. The van der Waals surface area contributed by atoms with Crippen molar-refractivity contribution >= 4 is 0 Å². The van der Waals surface area contributed by atoms with Crippen LogP contribution in [0.5, 0.6) is 5.75 Å². The molecule has 0 saturated carbocycles. The lowest BCUT2D eigenvalue weighted by Crippen LogP contribution is -2.29. The summed E-state index contributed by atoms with van der Waals surface area (Å²) in [6.45, 7) is 12.5. The maximum Gasteiger partial charge on any atom is 0.129 e. The maximum atomic E-state index is 6.29. The summed E-state index contributed by atoms with van der Waals surface area (Å²) in [5.41, 5.74) is 2.33. The van der Waals surface area contributed by atoms with E-state index in [0.29, 0.717) is 0 Å². The van der Waals surface area contributed by atoms with Gasteiger partial charge in [-0.15, -0.1) is 0 Å². The molecule has 1 heterocycles. The van der Waals surface area contributed by atoms with Gasteiger partial charge in [0.25, 0.3) is 0 Å². The Kier molecular flexibility index (Phi) is 6.88. The lowest BCUT2D eigenvalue weighted by molar-refractivity contribution is 0.127. The van der Waals surface area contributed by atoms with Crippen LogP contribution in [0, 0.1) is 0 Å². The minimum Gasteiger partial charge on any atom is -0.487 e. The van der Waals surface area contributed by atoms with Crippen LogP contribution in [0.4, 0.5) is 0 Å². The predicted octanol–water partition coefficient (Wildman–Crippen LogP) is 2.77. The van der Waals surface area contributed by atoms with Crippen molar-refractivity contribution in [1.29, 1.82) is 0 Å². The van der Waals surface area contributed by atoms with Crippen molar-refractivity contribution in [2.45, 2.75) is 52.3 Å². The van der Waals surface area contributed by atoms with Gasteiger partial charge in [-0.3, -0.25) is 0 Å². The molecule has 0 fully saturated rings. The zero-order chi connectivity index (χ0) is 16.7. The van der Waals surface area contributed by atoms with Crippen LogP contribution < -0.4 is 15.4 Å². The summed E-state index contributed by atoms with van der Waals surface area (Å²) in [7, 11) is 2.21. The Morgan fingerprint density at radius 3 is 1.96 bits per heavy atom. The summed E-state index contributed by atoms with van der Waals surface area (Å²) in [6.07, 6.45) is 2.36. The van der Waals surface area contributed by atoms with Crippen molar-refractivity contribution in [3.8, 4) is 5.75 Å². The topological polar surface area (TPSA) is 36.5 Å². The molecule has 1 aliphatic rings. The zero-order valence-electron chi connectivity index (χ0n) is 15.2. The SMILES string of the molecule is CN1CCCNCc2cccc(c2OC(C)(C)C)CNCCC1. The van der Waals surface area contributed by atoms with E-state index in [-0.39, 0.29) is 5.60 Å². The van der Waals surface area contributed by atoms with Crippen LogP contribution in [0.2, 0.25) is 0 Å². The fourth-order valence-electron chi connectivity index (χ4n) is 2.86. The third-order valence-electron chi connectivity index (χ3n) is 4.00. The van der Waals surface area contributed by atoms with E-state index >= 15 is 0 Å². The summed E-state index contributed by atoms with van der Waals surface area (Å²) < 4.78 is 6.29. The average molecular weight is 319 g/mol. The molecule has 1 aliphatic heterocycles. The zero-order valence-corrected chi connectivity index (χ0v) is 15.2. The van der Waals surface area contributed by atoms with Gasteiger partial charge in [0.1, 0.15) is 11.4 Å². The average Bonchev–Trinajstić information content (AvgIpc) is 2.46. The fourth-order valence-corrected chi connectivity index (χ4v) is 2.86. The van der Waals surface area contributed by atoms with Crippen LogP contribution >= 0.6 is 0 Å². The van der Waals surface area contributed by atoms with E-state index < -0.39 is 0 Å². The Morgan fingerprint density at radius 1 is 0.957 bits per heavy atom. The molecule has 2 bridgehead atoms. The monoisotopic (exact) mass is 319 g/mol. The number of hydrogen-bond donors (Lipinski definition) is 2. The van der Waals surface area contributed by atoms with E-state index in [1.165, 1.54) is 24.0 Å². The van der Waals surface area contributed by atoms with Crippen LogP contribution in [-0.2, 0) is 13.1 Å². The molecular formula is C19H33N3O. The quantitative estimate of drug-likeness (QED) is 0.834. The van der Waals surface area contributed by atoms with Crippen LogP contribution in [0.25, 0.3) is 0 Å². The lowest BCUT2D eigenvalue weighted by Gasteiger charge is -2.26. The summed E-state index contributed by atoms with van der Waals surface area (Å²) in [5.74, 6) is 1.05. The number of fused-ring (bicyclic) bond motifs is 2. The van der Waals surface area contributed by atoms with Gasteiger partial charge in [0, 0.05) is 24.2 Å². The van der Waals surface area contributed by atoms with E-state index in [1.54, 1.807) is 0 Å². The molecule has 130 valence electrons. The molecular weight excluding hydrogens is 286 g/mol. The minimum atomic E-state index is -0.182. The Morgan fingerprint density at radius 2 is 1.48 bits per heavy atom. The number of benzene rings is 1. The number of para-hydroxylation sites is 1. The number of ether oxygens (including phenoxy) is 1. The van der Waals surface area contributed by atoms with Gasteiger partial charge in [0.15, 0.2) is 0 Å². The highest BCUT2D eigenvalue weighted by Crippen LogP contribution is 2.28. The normalized spacial score (nSPS) is 19.1. The first-order valence-corrected chi connectivity index (χ1v) is 8.85. The third-order valence-corrected chi connectivity index (χ3v) is 4.00. The molecule has 0 atom stereocenters. The smallest absolute Gasteiger partial charge is 0.129 e. The summed E-state index contributed by atoms with van der Waals surface area (Å²) in [6, 6.07) is 6.49. The van der Waals surface area contributed by atoms with Gasteiger partial charge in [-0.1, -0.05) is 18.2 Å². The molecule has 0 spiro atoms. The molecule has 23 heavy (non-hydrogen) atoms. The fraction of sp³-hybridized carbons (Fsp3) is 0.684. The number of nitrogens with one attached hydrogen (secondary N) is 2. The van der Waals surface area contributed by atoms with Crippen LogP contribution in [0.3, 0.4) is 0 Å². The van der Waals surface area contributed by atoms with Gasteiger partial charge in [-0.05, 0) is 66.8 Å². The molecule has 1 aromatic rings. The first-order chi connectivity index (χ1) is 11.0. The van der Waals surface area contributed by atoms with Crippen molar-refractivity contribution in [3.05, 3.63) is 29.3 Å². The van der Waals surface area contributed by atoms with E-state index in [0.717, 1.165) is 45.0 Å². The molecule has 0 radical (unpaired) electrons. The maximum absolute atomic E-state index is 6.29. The van der Waals surface area contributed by atoms with Crippen molar-refractivity contribution in [1.82, 2.24) is 15.5 Å². The van der Waals surface area contributed by atoms with Crippen LogP contribution in [0.1, 0.15) is 44.7 Å². The Labute approximate surface area is 141 Å². The second-order valence-corrected chi connectivity index (χ2v) is 7.48. The van der Waals surface area contributed by atoms with E-state index in [2.05, 4.69) is 61.6 Å². The first-order valence-electron chi connectivity index (χ1n) is 8.85. The molecule has 0 aromatic heterocycles. The van der Waals surface area contributed by atoms with Gasteiger partial charge in [-0.2, -0.15) is 0 Å². The molecule has 0 aliphatic carbocycles.